The molecule has 0 atom stereocenters. The number of likely N-dealkylation sites (tertiary alicyclic amines) is 1. The molecule has 2 amide bonds. The molecular formula is C23H35N5O2. The molecule has 2 aromatic rings. The van der Waals surface area contributed by atoms with E-state index in [1.807, 2.05) is 48.6 Å². The number of carbonyl (C=O) groups excluding carboxylic acids is 1. The number of carbonyl (C=O) groups is 1. The first-order chi connectivity index (χ1) is 14.4. The predicted octanol–water partition coefficient (Wildman–Crippen LogP) is 3.26. The number of nitrogens with one attached hydrogen (secondary N) is 1. The lowest BCUT2D eigenvalue weighted by Crippen LogP contribution is -2.49. The van der Waals surface area contributed by atoms with Gasteiger partial charge in [0.15, 0.2) is 0 Å². The zero-order valence-corrected chi connectivity index (χ0v) is 18.7. The third-order valence-electron chi connectivity index (χ3n) is 5.45. The van der Waals surface area contributed by atoms with Crippen LogP contribution in [0.3, 0.4) is 0 Å². The molecule has 0 unspecified atom stereocenters. The van der Waals surface area contributed by atoms with Crippen LogP contribution in [0.2, 0.25) is 0 Å². The molecule has 1 aliphatic heterocycles. The molecule has 3 rings (SSSR count). The Labute approximate surface area is 180 Å². The van der Waals surface area contributed by atoms with E-state index in [2.05, 4.69) is 36.2 Å². The summed E-state index contributed by atoms with van der Waals surface area (Å²) in [6.07, 6.45) is 5.80. The molecule has 1 aromatic heterocycles. The minimum absolute atomic E-state index is 0.0199. The number of piperidine rings is 1. The number of nitrogens with zero attached hydrogens (tertiary/aromatic N) is 4. The fraction of sp³-hybridized carbons (Fsp3) is 0.565. The number of amides is 2. The standard InChI is InChI=1S/C23H35N5O2/c1-18(2)17-30-22-7-5-19(6-8-22)13-24-23(29)28(16-20-14-25-27(4)15-20)21-9-11-26(3)12-10-21/h5-8,14-15,18,21H,9-13,16-17H2,1-4H3,(H,24,29). The summed E-state index contributed by atoms with van der Waals surface area (Å²) < 4.78 is 7.52. The maximum Gasteiger partial charge on any atom is 0.318 e. The molecule has 7 heteroatoms. The highest BCUT2D eigenvalue weighted by molar-refractivity contribution is 5.74. The van der Waals surface area contributed by atoms with Crippen LogP contribution in [0.4, 0.5) is 4.79 Å². The Morgan fingerprint density at radius 3 is 2.50 bits per heavy atom. The molecule has 30 heavy (non-hydrogen) atoms. The van der Waals surface area contributed by atoms with Gasteiger partial charge in [0.25, 0.3) is 0 Å². The average molecular weight is 414 g/mol. The van der Waals surface area contributed by atoms with Gasteiger partial charge in [-0.3, -0.25) is 4.68 Å². The fourth-order valence-electron chi connectivity index (χ4n) is 3.67. The van der Waals surface area contributed by atoms with Gasteiger partial charge in [0.2, 0.25) is 0 Å². The first-order valence-electron chi connectivity index (χ1n) is 10.8. The van der Waals surface area contributed by atoms with Crippen LogP contribution >= 0.6 is 0 Å². The Hall–Kier alpha value is -2.54. The van der Waals surface area contributed by atoms with E-state index in [-0.39, 0.29) is 12.1 Å². The van der Waals surface area contributed by atoms with Crippen LogP contribution in [0.5, 0.6) is 5.75 Å². The molecule has 0 aliphatic carbocycles. The molecule has 7 nitrogen and oxygen atoms in total. The summed E-state index contributed by atoms with van der Waals surface area (Å²) in [6.45, 7) is 8.07. The second kappa shape index (κ2) is 10.5. The normalized spacial score (nSPS) is 15.4. The van der Waals surface area contributed by atoms with E-state index in [1.54, 1.807) is 4.68 Å². The SMILES string of the molecule is CC(C)COc1ccc(CNC(=O)N(Cc2cnn(C)c2)C2CCN(C)CC2)cc1. The van der Waals surface area contributed by atoms with E-state index < -0.39 is 0 Å². The van der Waals surface area contributed by atoms with E-state index in [4.69, 9.17) is 4.74 Å². The number of aryl methyl sites for hydroxylation is 1. The summed E-state index contributed by atoms with van der Waals surface area (Å²) in [6, 6.07) is 8.18. The average Bonchev–Trinajstić information content (AvgIpc) is 3.15. The highest BCUT2D eigenvalue weighted by Gasteiger charge is 2.27. The topological polar surface area (TPSA) is 62.6 Å². The predicted molar refractivity (Wildman–Crippen MR) is 118 cm³/mol. The van der Waals surface area contributed by atoms with Crippen molar-refractivity contribution in [2.45, 2.75) is 45.8 Å². The number of ether oxygens (including phenoxy) is 1. The van der Waals surface area contributed by atoms with Gasteiger partial charge in [-0.15, -0.1) is 0 Å². The Morgan fingerprint density at radius 1 is 1.20 bits per heavy atom. The number of benzene rings is 1. The molecular weight excluding hydrogens is 378 g/mol. The summed E-state index contributed by atoms with van der Waals surface area (Å²) in [4.78, 5) is 17.4. The van der Waals surface area contributed by atoms with Crippen molar-refractivity contribution in [1.29, 1.82) is 0 Å². The Morgan fingerprint density at radius 2 is 1.90 bits per heavy atom. The lowest BCUT2D eigenvalue weighted by atomic mass is 10.0. The van der Waals surface area contributed by atoms with Gasteiger partial charge in [-0.2, -0.15) is 5.10 Å². The van der Waals surface area contributed by atoms with Gasteiger partial charge in [0.1, 0.15) is 5.75 Å². The van der Waals surface area contributed by atoms with Crippen molar-refractivity contribution in [3.05, 3.63) is 47.8 Å². The third kappa shape index (κ3) is 6.49. The molecule has 2 heterocycles. The summed E-state index contributed by atoms with van der Waals surface area (Å²) >= 11 is 0. The van der Waals surface area contributed by atoms with E-state index >= 15 is 0 Å². The van der Waals surface area contributed by atoms with Crippen LogP contribution in [-0.2, 0) is 20.1 Å². The first-order valence-corrected chi connectivity index (χ1v) is 10.8. The van der Waals surface area contributed by atoms with Crippen LogP contribution in [-0.4, -0.2) is 58.4 Å². The van der Waals surface area contributed by atoms with Crippen LogP contribution in [0.1, 0.15) is 37.8 Å². The summed E-state index contributed by atoms with van der Waals surface area (Å²) in [5.74, 6) is 1.36. The lowest BCUT2D eigenvalue weighted by molar-refractivity contribution is 0.127. The van der Waals surface area contributed by atoms with Gasteiger partial charge < -0.3 is 19.9 Å². The maximum absolute atomic E-state index is 13.1. The Bertz CT molecular complexity index is 794. The quantitative estimate of drug-likeness (QED) is 0.722. The van der Waals surface area contributed by atoms with Gasteiger partial charge in [-0.1, -0.05) is 26.0 Å². The highest BCUT2D eigenvalue weighted by atomic mass is 16.5. The molecule has 1 fully saturated rings. The van der Waals surface area contributed by atoms with Crippen molar-refractivity contribution in [2.24, 2.45) is 13.0 Å². The van der Waals surface area contributed by atoms with Crippen LogP contribution < -0.4 is 10.1 Å². The van der Waals surface area contributed by atoms with Gasteiger partial charge in [0.05, 0.1) is 19.3 Å². The monoisotopic (exact) mass is 413 g/mol. The van der Waals surface area contributed by atoms with E-state index in [9.17, 15) is 4.79 Å². The van der Waals surface area contributed by atoms with Crippen LogP contribution in [0.25, 0.3) is 0 Å². The molecule has 0 saturated carbocycles. The largest absolute Gasteiger partial charge is 0.493 e. The van der Waals surface area contributed by atoms with E-state index in [1.165, 1.54) is 0 Å². The van der Waals surface area contributed by atoms with E-state index in [0.29, 0.717) is 25.6 Å². The second-order valence-electron chi connectivity index (χ2n) is 8.69. The van der Waals surface area contributed by atoms with Crippen molar-refractivity contribution in [2.75, 3.05) is 26.7 Å². The zero-order chi connectivity index (χ0) is 21.5. The molecule has 164 valence electrons. The van der Waals surface area contributed by atoms with Gasteiger partial charge in [-0.25, -0.2) is 4.79 Å². The van der Waals surface area contributed by atoms with Gasteiger partial charge >= 0.3 is 6.03 Å². The van der Waals surface area contributed by atoms with Crippen molar-refractivity contribution >= 4 is 6.03 Å². The fourth-order valence-corrected chi connectivity index (χ4v) is 3.67. The number of hydrogen-bond donors (Lipinski definition) is 1. The Balaban J connectivity index is 1.59. The molecule has 1 saturated heterocycles. The minimum atomic E-state index is -0.0199. The molecule has 1 N–H and O–H groups in total. The van der Waals surface area contributed by atoms with Crippen molar-refractivity contribution in [3.63, 3.8) is 0 Å². The Kier molecular flexibility index (Phi) is 7.74. The number of urea groups is 1. The number of rotatable bonds is 8. The molecule has 0 bridgehead atoms. The highest BCUT2D eigenvalue weighted by Crippen LogP contribution is 2.19. The molecule has 0 spiro atoms. The van der Waals surface area contributed by atoms with E-state index in [0.717, 1.165) is 42.8 Å². The van der Waals surface area contributed by atoms with Crippen molar-refractivity contribution in [3.8, 4) is 5.75 Å². The lowest BCUT2D eigenvalue weighted by Gasteiger charge is -2.37. The molecule has 1 aliphatic rings. The van der Waals surface area contributed by atoms with Crippen molar-refractivity contribution < 1.29 is 9.53 Å². The minimum Gasteiger partial charge on any atom is -0.493 e. The second-order valence-corrected chi connectivity index (χ2v) is 8.69. The number of hydrogen-bond acceptors (Lipinski definition) is 4. The third-order valence-corrected chi connectivity index (χ3v) is 5.45. The summed E-state index contributed by atoms with van der Waals surface area (Å²) in [5.41, 5.74) is 2.11. The number of aromatic nitrogens is 2. The summed E-state index contributed by atoms with van der Waals surface area (Å²) in [7, 11) is 4.04. The zero-order valence-electron chi connectivity index (χ0n) is 18.7. The maximum atomic E-state index is 13.1. The van der Waals surface area contributed by atoms with Crippen LogP contribution in [0.15, 0.2) is 36.7 Å². The summed E-state index contributed by atoms with van der Waals surface area (Å²) in [5, 5.41) is 7.36. The van der Waals surface area contributed by atoms with Gasteiger partial charge in [-0.05, 0) is 56.6 Å². The molecule has 1 aromatic carbocycles. The smallest absolute Gasteiger partial charge is 0.318 e. The molecule has 0 radical (unpaired) electrons. The first kappa shape index (κ1) is 22.2. The van der Waals surface area contributed by atoms with Crippen molar-refractivity contribution in [1.82, 2.24) is 24.9 Å². The van der Waals surface area contributed by atoms with Gasteiger partial charge in [0, 0.05) is 31.4 Å². The van der Waals surface area contributed by atoms with Crippen LogP contribution in [0, 0.1) is 5.92 Å².